The molecule has 57 heavy (non-hydrogen) atoms. The zero-order valence-electron chi connectivity index (χ0n) is 31.1. The van der Waals surface area contributed by atoms with Crippen LogP contribution in [0.15, 0.2) is 128 Å². The van der Waals surface area contributed by atoms with Gasteiger partial charge in [-0.05, 0) is 85.0 Å². The third-order valence-electron chi connectivity index (χ3n) is 10.0. The molecule has 12 heteroatoms. The molecule has 1 saturated heterocycles. The van der Waals surface area contributed by atoms with E-state index in [0.29, 0.717) is 16.9 Å². The van der Waals surface area contributed by atoms with Crippen molar-refractivity contribution in [1.29, 1.82) is 0 Å². The van der Waals surface area contributed by atoms with Crippen LogP contribution in [0.5, 0.6) is 5.75 Å². The van der Waals surface area contributed by atoms with E-state index in [9.17, 15) is 19.2 Å². The first-order valence-electron chi connectivity index (χ1n) is 18.1. The minimum Gasteiger partial charge on any atom is -1.00 e. The van der Waals surface area contributed by atoms with E-state index in [0.717, 1.165) is 43.7 Å². The maximum absolute atomic E-state index is 13.7. The largest absolute Gasteiger partial charge is 1.00 e. The molecule has 0 aliphatic carbocycles. The predicted molar refractivity (Wildman–Crippen MR) is 206 cm³/mol. The van der Waals surface area contributed by atoms with Crippen LogP contribution in [-0.4, -0.2) is 53.8 Å². The highest BCUT2D eigenvalue weighted by Crippen LogP contribution is 2.38. The first kappa shape index (κ1) is 38.7. The zero-order valence-corrected chi connectivity index (χ0v) is 31.9. The number of aromatic nitrogens is 2. The molecule has 0 unspecified atom stereocenters. The second-order valence-corrected chi connectivity index (χ2v) is 13.6. The Balaban J connectivity index is 0.00000496. The van der Waals surface area contributed by atoms with E-state index in [1.54, 1.807) is 102 Å². The van der Waals surface area contributed by atoms with Crippen LogP contribution in [0.25, 0.3) is 32.6 Å². The van der Waals surface area contributed by atoms with Crippen LogP contribution >= 0.6 is 0 Å². The molecular formula is C45H37ClN2O9. The SMILES string of the molecule is CC(=O)Oc1ccc2[nH]c3c(C)c4cc[n+]([C@H]5O[C@@H](COC(=O)c6ccccc6)[C@H](OC(=O)c6ccccc6)[C@@H]5OC(=O)c5ccccc5)cc4c(C)c3c2c1.[Cl-]. The number of aromatic amines is 1. The molecule has 8 rings (SSSR count). The molecule has 11 nitrogen and oxygen atoms in total. The first-order valence-corrected chi connectivity index (χ1v) is 18.1. The van der Waals surface area contributed by atoms with Crippen LogP contribution in [0, 0.1) is 13.8 Å². The lowest BCUT2D eigenvalue weighted by Gasteiger charge is -2.23. The summed E-state index contributed by atoms with van der Waals surface area (Å²) in [6.45, 7) is 5.10. The van der Waals surface area contributed by atoms with Gasteiger partial charge in [0.25, 0.3) is 0 Å². The second kappa shape index (κ2) is 16.3. The van der Waals surface area contributed by atoms with Crippen molar-refractivity contribution in [2.75, 3.05) is 6.61 Å². The van der Waals surface area contributed by atoms with Gasteiger partial charge in [-0.15, -0.1) is 0 Å². The van der Waals surface area contributed by atoms with Crippen LogP contribution in [0.4, 0.5) is 0 Å². The fourth-order valence-electron chi connectivity index (χ4n) is 7.33. The van der Waals surface area contributed by atoms with Crippen LogP contribution < -0.4 is 21.7 Å². The highest BCUT2D eigenvalue weighted by Gasteiger charge is 2.55. The van der Waals surface area contributed by atoms with Crippen LogP contribution in [0.3, 0.4) is 0 Å². The Labute approximate surface area is 333 Å². The van der Waals surface area contributed by atoms with Gasteiger partial charge in [-0.3, -0.25) is 4.79 Å². The third-order valence-corrected chi connectivity index (χ3v) is 10.0. The number of aryl methyl sites for hydroxylation is 2. The van der Waals surface area contributed by atoms with Gasteiger partial charge >= 0.3 is 30.1 Å². The van der Waals surface area contributed by atoms with Crippen LogP contribution in [0.1, 0.15) is 55.4 Å². The van der Waals surface area contributed by atoms with Crippen molar-refractivity contribution in [3.8, 4) is 5.75 Å². The number of carbonyl (C=O) groups is 4. The molecule has 0 amide bonds. The Morgan fingerprint density at radius 2 is 1.26 bits per heavy atom. The number of hydrogen-bond donors (Lipinski definition) is 1. The number of hydrogen-bond acceptors (Lipinski definition) is 9. The number of H-pyrrole nitrogens is 1. The molecular weight excluding hydrogens is 748 g/mol. The fraction of sp³-hybridized carbons (Fsp3) is 0.178. The van der Waals surface area contributed by atoms with Gasteiger partial charge in [-0.2, -0.15) is 4.57 Å². The van der Waals surface area contributed by atoms with Gasteiger partial charge in [0.05, 0.1) is 22.2 Å². The topological polar surface area (TPSA) is 134 Å². The molecule has 3 heterocycles. The van der Waals surface area contributed by atoms with E-state index in [-0.39, 0.29) is 24.6 Å². The van der Waals surface area contributed by atoms with E-state index >= 15 is 0 Å². The number of esters is 4. The predicted octanol–water partition coefficient (Wildman–Crippen LogP) is 4.51. The molecule has 2 aromatic heterocycles. The molecule has 1 N–H and O–H groups in total. The van der Waals surface area contributed by atoms with Gasteiger partial charge in [0.1, 0.15) is 18.5 Å². The average Bonchev–Trinajstić information content (AvgIpc) is 3.77. The average molecular weight is 785 g/mol. The highest BCUT2D eigenvalue weighted by atomic mass is 35.5. The Bertz CT molecular complexity index is 2630. The van der Waals surface area contributed by atoms with Crippen molar-refractivity contribution < 1.29 is 59.8 Å². The van der Waals surface area contributed by atoms with Crippen molar-refractivity contribution in [3.63, 3.8) is 0 Å². The summed E-state index contributed by atoms with van der Waals surface area (Å²) in [6, 6.07) is 32.9. The Kier molecular flexibility index (Phi) is 11.0. The van der Waals surface area contributed by atoms with Gasteiger partial charge < -0.3 is 41.1 Å². The Hall–Kier alpha value is -6.56. The fourth-order valence-corrected chi connectivity index (χ4v) is 7.33. The zero-order chi connectivity index (χ0) is 38.9. The summed E-state index contributed by atoms with van der Waals surface area (Å²) < 4.78 is 31.9. The molecule has 7 aromatic rings. The van der Waals surface area contributed by atoms with Gasteiger partial charge in [0.15, 0.2) is 18.5 Å². The van der Waals surface area contributed by atoms with E-state index < -0.39 is 48.4 Å². The summed E-state index contributed by atoms with van der Waals surface area (Å²) in [4.78, 5) is 55.8. The molecule has 0 spiro atoms. The number of nitrogens with zero attached hydrogens (tertiary/aromatic N) is 1. The number of pyridine rings is 1. The number of ether oxygens (including phenoxy) is 5. The van der Waals surface area contributed by atoms with Crippen molar-refractivity contribution in [2.24, 2.45) is 0 Å². The van der Waals surface area contributed by atoms with Gasteiger partial charge in [-0.25, -0.2) is 14.4 Å². The molecule has 0 radical (unpaired) electrons. The number of rotatable bonds is 9. The summed E-state index contributed by atoms with van der Waals surface area (Å²) in [5.74, 6) is -1.88. The summed E-state index contributed by atoms with van der Waals surface area (Å²) in [7, 11) is 0. The molecule has 1 aliphatic rings. The number of fused-ring (bicyclic) bond motifs is 4. The highest BCUT2D eigenvalue weighted by molar-refractivity contribution is 6.16. The first-order chi connectivity index (χ1) is 27.2. The van der Waals surface area contributed by atoms with Gasteiger partial charge in [-0.1, -0.05) is 54.6 Å². The Morgan fingerprint density at radius 3 is 1.86 bits per heavy atom. The summed E-state index contributed by atoms with van der Waals surface area (Å²) in [6.07, 6.45) is -0.682. The second-order valence-electron chi connectivity index (χ2n) is 13.6. The molecule has 4 atom stereocenters. The van der Waals surface area contributed by atoms with Crippen LogP contribution in [-0.2, 0) is 23.7 Å². The molecule has 1 aliphatic heterocycles. The van der Waals surface area contributed by atoms with E-state index in [2.05, 4.69) is 4.98 Å². The third kappa shape index (κ3) is 7.67. The molecule has 0 bridgehead atoms. The molecule has 288 valence electrons. The van der Waals surface area contributed by atoms with Crippen LogP contribution in [0.2, 0.25) is 0 Å². The van der Waals surface area contributed by atoms with Crippen molar-refractivity contribution in [2.45, 2.75) is 45.3 Å². The van der Waals surface area contributed by atoms with Gasteiger partial charge in [0.2, 0.25) is 6.10 Å². The number of carbonyl (C=O) groups excluding carboxylic acids is 4. The minimum atomic E-state index is -1.19. The monoisotopic (exact) mass is 784 g/mol. The summed E-state index contributed by atoms with van der Waals surface area (Å²) in [5.41, 5.74) is 4.69. The minimum absolute atomic E-state index is 0. The van der Waals surface area contributed by atoms with Gasteiger partial charge in [0, 0.05) is 34.7 Å². The normalized spacial score (nSPS) is 17.5. The number of benzene rings is 5. The lowest BCUT2D eigenvalue weighted by atomic mass is 9.97. The molecule has 0 saturated carbocycles. The molecule has 1 fully saturated rings. The summed E-state index contributed by atoms with van der Waals surface area (Å²) in [5, 5.41) is 3.69. The van der Waals surface area contributed by atoms with Crippen molar-refractivity contribution >= 4 is 56.5 Å². The number of nitrogens with one attached hydrogen (secondary N) is 1. The smallest absolute Gasteiger partial charge is 0.338 e. The Morgan fingerprint density at radius 1 is 0.684 bits per heavy atom. The van der Waals surface area contributed by atoms with Crippen molar-refractivity contribution in [3.05, 3.63) is 155 Å². The quantitative estimate of drug-likeness (QED) is 0.0972. The lowest BCUT2D eigenvalue weighted by Crippen LogP contribution is -3.00. The van der Waals surface area contributed by atoms with E-state index in [1.165, 1.54) is 6.92 Å². The summed E-state index contributed by atoms with van der Waals surface area (Å²) >= 11 is 0. The van der Waals surface area contributed by atoms with E-state index in [1.807, 2.05) is 44.4 Å². The maximum atomic E-state index is 13.7. The van der Waals surface area contributed by atoms with Crippen molar-refractivity contribution in [1.82, 2.24) is 4.98 Å². The maximum Gasteiger partial charge on any atom is 0.338 e. The molecule has 5 aromatic carbocycles. The van der Waals surface area contributed by atoms with E-state index in [4.69, 9.17) is 23.7 Å². The lowest BCUT2D eigenvalue weighted by molar-refractivity contribution is -0.764. The standard InChI is InChI=1S/C45H36N2O9.ClH/c1-26-35-24-47(22-21-33(35)27(2)39-38(26)34-23-32(53-28(3)48)19-20-36(34)46-39)42-41(56-45(51)31-17-11-6-12-18-31)40(55-44(50)30-15-9-5-10-16-30)37(54-42)25-52-43(49)29-13-7-4-8-14-29;/h4-24,37,40-42H,25H2,1-3H3;1H/t37-,40-,41-,42-;/m0./s1. The number of halogens is 1.